The summed E-state index contributed by atoms with van der Waals surface area (Å²) in [7, 11) is 1.59. The highest BCUT2D eigenvalue weighted by atomic mass is 32.2. The number of benzene rings is 1. The van der Waals surface area contributed by atoms with E-state index >= 15 is 0 Å². The summed E-state index contributed by atoms with van der Waals surface area (Å²) in [5.41, 5.74) is 2.21. The quantitative estimate of drug-likeness (QED) is 0.704. The molecular formula is C16H16N4O2S. The van der Waals surface area contributed by atoms with Gasteiger partial charge in [0.15, 0.2) is 10.8 Å². The minimum Gasteiger partial charge on any atom is -0.497 e. The number of hydrogen-bond donors (Lipinski definition) is 2. The van der Waals surface area contributed by atoms with Gasteiger partial charge >= 0.3 is 0 Å². The Hall–Kier alpha value is -2.54. The number of ether oxygens (including phenoxy) is 1. The van der Waals surface area contributed by atoms with E-state index in [1.54, 1.807) is 19.4 Å². The molecule has 1 aromatic carbocycles. The van der Waals surface area contributed by atoms with Crippen LogP contribution in [0.5, 0.6) is 5.75 Å². The van der Waals surface area contributed by atoms with Gasteiger partial charge in [-0.1, -0.05) is 17.8 Å². The van der Waals surface area contributed by atoms with Crippen molar-refractivity contribution < 1.29 is 9.53 Å². The maximum absolute atomic E-state index is 12.3. The lowest BCUT2D eigenvalue weighted by molar-refractivity contribution is -0.115. The molecule has 1 amide bonds. The van der Waals surface area contributed by atoms with Crippen LogP contribution in [0.15, 0.2) is 47.8 Å². The number of carbonyl (C=O) groups excluding carboxylic acids is 1. The maximum atomic E-state index is 12.3. The van der Waals surface area contributed by atoms with Gasteiger partial charge in [0.1, 0.15) is 5.75 Å². The van der Waals surface area contributed by atoms with Crippen molar-refractivity contribution in [1.82, 2.24) is 15.0 Å². The Kier molecular flexibility index (Phi) is 4.47. The molecular weight excluding hydrogens is 312 g/mol. The first-order valence-corrected chi connectivity index (χ1v) is 7.96. The van der Waals surface area contributed by atoms with Gasteiger partial charge in [0, 0.05) is 18.0 Å². The van der Waals surface area contributed by atoms with E-state index in [0.717, 1.165) is 5.52 Å². The topological polar surface area (TPSA) is 79.9 Å². The molecule has 118 valence electrons. The third-order valence-corrected chi connectivity index (χ3v) is 4.21. The zero-order valence-corrected chi connectivity index (χ0v) is 13.6. The monoisotopic (exact) mass is 328 g/mol. The number of anilines is 1. The molecule has 0 unspecified atom stereocenters. The average molecular weight is 328 g/mol. The molecule has 23 heavy (non-hydrogen) atoms. The van der Waals surface area contributed by atoms with Crippen LogP contribution in [0.3, 0.4) is 0 Å². The molecule has 6 nitrogen and oxygen atoms in total. The second kappa shape index (κ2) is 6.70. The smallest absolute Gasteiger partial charge is 0.237 e. The highest BCUT2D eigenvalue weighted by molar-refractivity contribution is 8.00. The Balaban J connectivity index is 1.67. The Morgan fingerprint density at radius 2 is 2.22 bits per heavy atom. The van der Waals surface area contributed by atoms with Gasteiger partial charge in [-0.15, -0.1) is 0 Å². The number of hydrogen-bond acceptors (Lipinski definition) is 5. The van der Waals surface area contributed by atoms with Crippen molar-refractivity contribution in [3.63, 3.8) is 0 Å². The zero-order chi connectivity index (χ0) is 16.2. The molecule has 0 fully saturated rings. The lowest BCUT2D eigenvalue weighted by atomic mass is 10.3. The largest absolute Gasteiger partial charge is 0.497 e. The van der Waals surface area contributed by atoms with Gasteiger partial charge in [-0.05, 0) is 31.2 Å². The van der Waals surface area contributed by atoms with Gasteiger partial charge < -0.3 is 15.0 Å². The fraction of sp³-hybridized carbons (Fsp3) is 0.188. The molecule has 3 aromatic rings. The van der Waals surface area contributed by atoms with Crippen molar-refractivity contribution in [2.24, 2.45) is 0 Å². The summed E-state index contributed by atoms with van der Waals surface area (Å²) in [6.07, 6.45) is 1.69. The fourth-order valence-corrected chi connectivity index (χ4v) is 2.85. The van der Waals surface area contributed by atoms with Crippen LogP contribution in [0.2, 0.25) is 0 Å². The van der Waals surface area contributed by atoms with Crippen LogP contribution in [-0.4, -0.2) is 33.2 Å². The van der Waals surface area contributed by atoms with Gasteiger partial charge in [0.05, 0.1) is 17.9 Å². The number of nitrogens with zero attached hydrogens (tertiary/aromatic N) is 2. The van der Waals surface area contributed by atoms with Gasteiger partial charge in [-0.25, -0.2) is 9.97 Å². The Morgan fingerprint density at radius 3 is 3.00 bits per heavy atom. The third-order valence-electron chi connectivity index (χ3n) is 3.23. The number of rotatable bonds is 5. The normalized spacial score (nSPS) is 12.1. The third kappa shape index (κ3) is 3.62. The molecule has 0 bridgehead atoms. The average Bonchev–Trinajstić information content (AvgIpc) is 2.97. The molecule has 0 aliphatic heterocycles. The second-order valence-electron chi connectivity index (χ2n) is 4.90. The van der Waals surface area contributed by atoms with Crippen molar-refractivity contribution >= 4 is 34.5 Å². The molecule has 0 aliphatic carbocycles. The predicted octanol–water partition coefficient (Wildman–Crippen LogP) is 3.09. The van der Waals surface area contributed by atoms with Crippen LogP contribution in [0.25, 0.3) is 11.2 Å². The maximum Gasteiger partial charge on any atom is 0.237 e. The summed E-state index contributed by atoms with van der Waals surface area (Å²) in [6, 6.07) is 11.0. The van der Waals surface area contributed by atoms with Crippen molar-refractivity contribution in [2.75, 3.05) is 12.4 Å². The molecule has 2 aromatic heterocycles. The van der Waals surface area contributed by atoms with E-state index in [-0.39, 0.29) is 11.2 Å². The molecule has 3 rings (SSSR count). The van der Waals surface area contributed by atoms with E-state index in [4.69, 9.17) is 4.74 Å². The lowest BCUT2D eigenvalue weighted by Crippen LogP contribution is -2.22. The number of thioether (sulfide) groups is 1. The van der Waals surface area contributed by atoms with Gasteiger partial charge in [0.2, 0.25) is 5.91 Å². The van der Waals surface area contributed by atoms with E-state index in [2.05, 4.69) is 20.3 Å². The first-order valence-electron chi connectivity index (χ1n) is 7.08. The van der Waals surface area contributed by atoms with Crippen molar-refractivity contribution in [3.05, 3.63) is 42.6 Å². The van der Waals surface area contributed by atoms with Gasteiger partial charge in [-0.3, -0.25) is 4.79 Å². The predicted molar refractivity (Wildman–Crippen MR) is 90.8 cm³/mol. The molecule has 0 radical (unpaired) electrons. The molecule has 2 N–H and O–H groups in total. The first kappa shape index (κ1) is 15.4. The van der Waals surface area contributed by atoms with Crippen LogP contribution >= 0.6 is 11.8 Å². The van der Waals surface area contributed by atoms with Crippen LogP contribution in [-0.2, 0) is 4.79 Å². The summed E-state index contributed by atoms with van der Waals surface area (Å²) < 4.78 is 5.15. The number of methoxy groups -OCH3 is 1. The minimum absolute atomic E-state index is 0.100. The molecule has 1 atom stereocenters. The van der Waals surface area contributed by atoms with Crippen molar-refractivity contribution in [1.29, 1.82) is 0 Å². The van der Waals surface area contributed by atoms with Crippen molar-refractivity contribution in [2.45, 2.75) is 17.3 Å². The summed E-state index contributed by atoms with van der Waals surface area (Å²) in [4.78, 5) is 24.0. The molecule has 2 heterocycles. The van der Waals surface area contributed by atoms with E-state index in [9.17, 15) is 4.79 Å². The van der Waals surface area contributed by atoms with Crippen LogP contribution in [0, 0.1) is 0 Å². The fourth-order valence-electron chi connectivity index (χ4n) is 2.04. The van der Waals surface area contributed by atoms with Gasteiger partial charge in [-0.2, -0.15) is 0 Å². The summed E-state index contributed by atoms with van der Waals surface area (Å²) >= 11 is 1.36. The second-order valence-corrected chi connectivity index (χ2v) is 6.23. The Morgan fingerprint density at radius 1 is 1.35 bits per heavy atom. The molecule has 0 saturated heterocycles. The van der Waals surface area contributed by atoms with E-state index < -0.39 is 0 Å². The number of H-pyrrole nitrogens is 1. The zero-order valence-electron chi connectivity index (χ0n) is 12.7. The lowest BCUT2D eigenvalue weighted by Gasteiger charge is -2.11. The molecule has 7 heteroatoms. The van der Waals surface area contributed by atoms with Crippen molar-refractivity contribution in [3.8, 4) is 5.75 Å². The number of pyridine rings is 1. The summed E-state index contributed by atoms with van der Waals surface area (Å²) in [5.74, 6) is 0.600. The van der Waals surface area contributed by atoms with Crippen LogP contribution in [0.4, 0.5) is 5.69 Å². The number of aromatic amines is 1. The van der Waals surface area contributed by atoms with Gasteiger partial charge in [0.25, 0.3) is 0 Å². The first-order chi connectivity index (χ1) is 11.2. The Bertz CT molecular complexity index is 801. The number of amides is 1. The minimum atomic E-state index is -0.304. The van der Waals surface area contributed by atoms with E-state index in [1.807, 2.05) is 37.3 Å². The molecule has 0 spiro atoms. The SMILES string of the molecule is COc1cccc(NC(=O)[C@H](C)Sc2nc3ncccc3[nH]2)c1. The molecule has 0 aliphatic rings. The van der Waals surface area contributed by atoms with E-state index in [1.165, 1.54) is 11.8 Å². The standard InChI is InChI=1S/C16H16N4O2S/c1-10(15(21)18-11-5-3-6-12(9-11)22-2)23-16-19-13-7-4-8-17-14(13)20-16/h3-10H,1-2H3,(H,18,21)(H,17,19,20)/t10-/m0/s1. The number of nitrogens with one attached hydrogen (secondary N) is 2. The summed E-state index contributed by atoms with van der Waals surface area (Å²) in [6.45, 7) is 1.83. The highest BCUT2D eigenvalue weighted by Crippen LogP contribution is 2.24. The van der Waals surface area contributed by atoms with Crippen LogP contribution < -0.4 is 10.1 Å². The number of aromatic nitrogens is 3. The number of carbonyl (C=O) groups is 1. The highest BCUT2D eigenvalue weighted by Gasteiger charge is 2.17. The number of imidazole rings is 1. The summed E-state index contributed by atoms with van der Waals surface area (Å²) in [5, 5.41) is 3.24. The van der Waals surface area contributed by atoms with Crippen LogP contribution in [0.1, 0.15) is 6.92 Å². The Labute approximate surface area is 137 Å². The van der Waals surface area contributed by atoms with E-state index in [0.29, 0.717) is 22.2 Å². The molecule has 0 saturated carbocycles. The number of fused-ring (bicyclic) bond motifs is 1.